The van der Waals surface area contributed by atoms with E-state index in [1.165, 1.54) is 17.5 Å². The summed E-state index contributed by atoms with van der Waals surface area (Å²) < 4.78 is 27.2. The highest BCUT2D eigenvalue weighted by Crippen LogP contribution is 2.27. The molecule has 20 heavy (non-hydrogen) atoms. The maximum absolute atomic E-state index is 12.3. The summed E-state index contributed by atoms with van der Waals surface area (Å²) in [5, 5.41) is 10.6. The lowest BCUT2D eigenvalue weighted by atomic mass is 10.3. The van der Waals surface area contributed by atoms with E-state index >= 15 is 0 Å². The van der Waals surface area contributed by atoms with Crippen molar-refractivity contribution in [3.05, 3.63) is 34.8 Å². The van der Waals surface area contributed by atoms with Crippen LogP contribution >= 0.6 is 11.3 Å². The fraction of sp³-hybridized carbons (Fsp3) is 0.333. The van der Waals surface area contributed by atoms with E-state index in [-0.39, 0.29) is 10.0 Å². The lowest BCUT2D eigenvalue weighted by Crippen LogP contribution is -2.13. The van der Waals surface area contributed by atoms with E-state index < -0.39 is 10.0 Å². The Morgan fingerprint density at radius 3 is 2.85 bits per heavy atom. The fourth-order valence-electron chi connectivity index (χ4n) is 1.58. The van der Waals surface area contributed by atoms with E-state index in [0.717, 1.165) is 17.0 Å². The highest BCUT2D eigenvalue weighted by molar-refractivity contribution is 7.94. The van der Waals surface area contributed by atoms with Crippen LogP contribution in [-0.2, 0) is 16.6 Å². The second-order valence-corrected chi connectivity index (χ2v) is 7.21. The number of rotatable bonds is 6. The van der Waals surface area contributed by atoms with Gasteiger partial charge in [0.1, 0.15) is 4.21 Å². The van der Waals surface area contributed by atoms with E-state index in [4.69, 9.17) is 0 Å². The minimum atomic E-state index is -3.60. The summed E-state index contributed by atoms with van der Waals surface area (Å²) in [4.78, 5) is 1.02. The number of anilines is 1. The van der Waals surface area contributed by atoms with Crippen LogP contribution in [0.3, 0.4) is 0 Å². The molecule has 8 heteroatoms. The number of hydrogen-bond donors (Lipinski definition) is 2. The molecule has 0 unspecified atom stereocenters. The summed E-state index contributed by atoms with van der Waals surface area (Å²) in [6.45, 7) is 5.44. The second kappa shape index (κ2) is 6.29. The Bertz CT molecular complexity index is 668. The van der Waals surface area contributed by atoms with Crippen LogP contribution in [0.25, 0.3) is 0 Å². The van der Waals surface area contributed by atoms with Crippen LogP contribution in [0, 0.1) is 6.92 Å². The molecule has 0 bridgehead atoms. The molecule has 6 nitrogen and oxygen atoms in total. The third-order valence-corrected chi connectivity index (χ3v) is 5.68. The summed E-state index contributed by atoms with van der Waals surface area (Å²) in [7, 11) is -3.60. The van der Waals surface area contributed by atoms with Crippen LogP contribution in [0.5, 0.6) is 0 Å². The van der Waals surface area contributed by atoms with E-state index in [1.54, 1.807) is 18.2 Å². The zero-order chi connectivity index (χ0) is 14.6. The van der Waals surface area contributed by atoms with Gasteiger partial charge in [0, 0.05) is 17.6 Å². The van der Waals surface area contributed by atoms with Crippen molar-refractivity contribution in [3.63, 3.8) is 0 Å². The molecule has 0 aromatic carbocycles. The first-order valence-corrected chi connectivity index (χ1v) is 8.43. The van der Waals surface area contributed by atoms with E-state index in [1.807, 2.05) is 13.8 Å². The number of nitrogens with zero attached hydrogens (tertiary/aromatic N) is 2. The Balaban J connectivity index is 2.21. The molecule has 2 aromatic heterocycles. The van der Waals surface area contributed by atoms with Crippen molar-refractivity contribution < 1.29 is 8.42 Å². The van der Waals surface area contributed by atoms with Crippen molar-refractivity contribution in [3.8, 4) is 0 Å². The van der Waals surface area contributed by atoms with Crippen molar-refractivity contribution in [2.24, 2.45) is 0 Å². The first-order chi connectivity index (χ1) is 9.53. The smallest absolute Gasteiger partial charge is 0.272 e. The summed E-state index contributed by atoms with van der Waals surface area (Å²) in [5.41, 5.74) is 0.968. The number of aromatic nitrogens is 2. The highest BCUT2D eigenvalue weighted by Gasteiger charge is 2.19. The van der Waals surface area contributed by atoms with Crippen LogP contribution in [0.2, 0.25) is 0 Å². The number of nitrogens with one attached hydrogen (secondary N) is 2. The van der Waals surface area contributed by atoms with Gasteiger partial charge in [-0.3, -0.25) is 4.72 Å². The zero-order valence-corrected chi connectivity index (χ0v) is 12.9. The molecule has 0 radical (unpaired) electrons. The molecule has 0 amide bonds. The predicted molar refractivity (Wildman–Crippen MR) is 79.3 cm³/mol. The molecule has 0 aliphatic heterocycles. The largest absolute Gasteiger partial charge is 0.312 e. The van der Waals surface area contributed by atoms with Crippen LogP contribution in [0.15, 0.2) is 28.6 Å². The normalized spacial score (nSPS) is 11.5. The molecule has 2 N–H and O–H groups in total. The summed E-state index contributed by atoms with van der Waals surface area (Å²) >= 11 is 1.26. The van der Waals surface area contributed by atoms with Crippen LogP contribution in [0.1, 0.15) is 17.4 Å². The Labute approximate surface area is 122 Å². The average Bonchev–Trinajstić information content (AvgIpc) is 2.79. The molecule has 2 aromatic rings. The van der Waals surface area contributed by atoms with Crippen molar-refractivity contribution >= 4 is 27.2 Å². The minimum absolute atomic E-state index is 0.215. The van der Waals surface area contributed by atoms with E-state index in [2.05, 4.69) is 20.2 Å². The molecule has 0 fully saturated rings. The van der Waals surface area contributed by atoms with Gasteiger partial charge < -0.3 is 5.32 Å². The fourth-order valence-corrected chi connectivity index (χ4v) is 4.13. The molecular weight excluding hydrogens is 296 g/mol. The van der Waals surface area contributed by atoms with Gasteiger partial charge in [-0.1, -0.05) is 6.92 Å². The second-order valence-electron chi connectivity index (χ2n) is 4.17. The molecule has 0 atom stereocenters. The summed E-state index contributed by atoms with van der Waals surface area (Å²) in [6.07, 6.45) is 1.49. The summed E-state index contributed by atoms with van der Waals surface area (Å²) in [6, 6.07) is 4.86. The van der Waals surface area contributed by atoms with Gasteiger partial charge in [-0.15, -0.1) is 16.4 Å². The van der Waals surface area contributed by atoms with Crippen molar-refractivity contribution in [2.75, 3.05) is 11.3 Å². The Morgan fingerprint density at radius 1 is 1.40 bits per heavy atom. The standard InChI is InChI=1S/C12H16N4O2S2/c1-3-13-8-10-9(2)7-12(19-10)20(17,18)16-11-5-4-6-14-15-11/h4-7,13H,3,8H2,1-2H3,(H,15,16). The lowest BCUT2D eigenvalue weighted by molar-refractivity contribution is 0.603. The first-order valence-electron chi connectivity index (χ1n) is 6.13. The minimum Gasteiger partial charge on any atom is -0.312 e. The molecule has 0 saturated carbocycles. The third-order valence-electron chi connectivity index (χ3n) is 2.61. The molecule has 0 aliphatic carbocycles. The Kier molecular flexibility index (Phi) is 4.69. The van der Waals surface area contributed by atoms with Gasteiger partial charge in [0.05, 0.1) is 0 Å². The van der Waals surface area contributed by atoms with Crippen LogP contribution in [-0.4, -0.2) is 25.2 Å². The average molecular weight is 312 g/mol. The topological polar surface area (TPSA) is 84.0 Å². The van der Waals surface area contributed by atoms with Gasteiger partial charge in [-0.05, 0) is 37.2 Å². The van der Waals surface area contributed by atoms with Gasteiger partial charge in [0.2, 0.25) is 0 Å². The number of aryl methyl sites for hydroxylation is 1. The van der Waals surface area contributed by atoms with Crippen molar-refractivity contribution in [2.45, 2.75) is 24.6 Å². The van der Waals surface area contributed by atoms with Gasteiger partial charge in [-0.25, -0.2) is 8.42 Å². The molecule has 108 valence electrons. The van der Waals surface area contributed by atoms with E-state index in [0.29, 0.717) is 6.54 Å². The number of thiophene rings is 1. The van der Waals surface area contributed by atoms with Gasteiger partial charge in [-0.2, -0.15) is 5.10 Å². The maximum Gasteiger partial charge on any atom is 0.272 e. The number of hydrogen-bond acceptors (Lipinski definition) is 6. The molecule has 2 heterocycles. The van der Waals surface area contributed by atoms with Gasteiger partial charge >= 0.3 is 0 Å². The molecule has 2 rings (SSSR count). The van der Waals surface area contributed by atoms with E-state index in [9.17, 15) is 8.42 Å². The lowest BCUT2D eigenvalue weighted by Gasteiger charge is -2.03. The molecule has 0 saturated heterocycles. The van der Waals surface area contributed by atoms with Crippen LogP contribution in [0.4, 0.5) is 5.82 Å². The molecule has 0 aliphatic rings. The number of sulfonamides is 1. The summed E-state index contributed by atoms with van der Waals surface area (Å²) in [5.74, 6) is 0.215. The predicted octanol–water partition coefficient (Wildman–Crippen LogP) is 1.76. The van der Waals surface area contributed by atoms with Crippen molar-refractivity contribution in [1.82, 2.24) is 15.5 Å². The Hall–Kier alpha value is -1.51. The van der Waals surface area contributed by atoms with Gasteiger partial charge in [0.15, 0.2) is 5.82 Å². The quantitative estimate of drug-likeness (QED) is 0.849. The molecular formula is C12H16N4O2S2. The van der Waals surface area contributed by atoms with Gasteiger partial charge in [0.25, 0.3) is 10.0 Å². The van der Waals surface area contributed by atoms with Crippen LogP contribution < -0.4 is 10.0 Å². The highest BCUT2D eigenvalue weighted by atomic mass is 32.2. The SMILES string of the molecule is CCNCc1sc(S(=O)(=O)Nc2cccnn2)cc1C. The molecule has 0 spiro atoms. The Morgan fingerprint density at radius 2 is 2.20 bits per heavy atom. The first kappa shape index (κ1) is 14.9. The zero-order valence-electron chi connectivity index (χ0n) is 11.3. The maximum atomic E-state index is 12.3. The monoisotopic (exact) mass is 312 g/mol. The third kappa shape index (κ3) is 3.53. The van der Waals surface area contributed by atoms with Crippen molar-refractivity contribution in [1.29, 1.82) is 0 Å².